The molecule has 7 nitrogen and oxygen atoms in total. The molecule has 0 saturated heterocycles. The predicted molar refractivity (Wildman–Crippen MR) is 108 cm³/mol. The first-order valence-corrected chi connectivity index (χ1v) is 9.69. The van der Waals surface area contributed by atoms with Gasteiger partial charge in [0.15, 0.2) is 22.8 Å². The first-order chi connectivity index (χ1) is 13.2. The fourth-order valence-corrected chi connectivity index (χ4v) is 3.29. The van der Waals surface area contributed by atoms with E-state index in [1.807, 2.05) is 37.4 Å². The molecule has 3 aromatic rings. The molecule has 7 heteroatoms. The molecule has 0 spiro atoms. The van der Waals surface area contributed by atoms with Crippen molar-refractivity contribution < 1.29 is 5.11 Å². The van der Waals surface area contributed by atoms with Crippen LogP contribution in [0.1, 0.15) is 52.0 Å². The van der Waals surface area contributed by atoms with Gasteiger partial charge in [-0.3, -0.25) is 0 Å². The number of rotatable bonds is 9. The van der Waals surface area contributed by atoms with E-state index >= 15 is 0 Å². The number of aliphatic hydroxyl groups is 1. The lowest BCUT2D eigenvalue weighted by molar-refractivity contribution is 0.116. The molecule has 0 amide bonds. The summed E-state index contributed by atoms with van der Waals surface area (Å²) in [5, 5.41) is 22.1. The number of hydrogen-bond acceptors (Lipinski definition) is 6. The maximum absolute atomic E-state index is 10.4. The highest BCUT2D eigenvalue weighted by atomic mass is 16.3. The first-order valence-electron chi connectivity index (χ1n) is 9.69. The Balaban J connectivity index is 2.02. The Hall–Kier alpha value is -2.54. The van der Waals surface area contributed by atoms with Crippen LogP contribution in [0.5, 0.6) is 0 Å². The smallest absolute Gasteiger partial charge is 0.184 e. The zero-order valence-electron chi connectivity index (χ0n) is 16.3. The van der Waals surface area contributed by atoms with Gasteiger partial charge >= 0.3 is 0 Å². The SMILES string of the molecule is CCCCCC[C@@H]([C@H](C)O)n1nnc2c(NC)nc(-c3ccccc3)nc21. The van der Waals surface area contributed by atoms with Crippen molar-refractivity contribution in [1.29, 1.82) is 0 Å². The highest BCUT2D eigenvalue weighted by molar-refractivity contribution is 5.84. The molecule has 2 atom stereocenters. The topological polar surface area (TPSA) is 88.8 Å². The Morgan fingerprint density at radius 1 is 1.11 bits per heavy atom. The van der Waals surface area contributed by atoms with Gasteiger partial charge in [-0.05, 0) is 13.3 Å². The maximum atomic E-state index is 10.4. The van der Waals surface area contributed by atoms with E-state index in [1.165, 1.54) is 12.8 Å². The van der Waals surface area contributed by atoms with Crippen molar-refractivity contribution in [2.75, 3.05) is 12.4 Å². The Bertz CT molecular complexity index is 862. The molecule has 0 bridgehead atoms. The molecular weight excluding hydrogens is 340 g/mol. The van der Waals surface area contributed by atoms with E-state index in [2.05, 4.69) is 27.5 Å². The van der Waals surface area contributed by atoms with Crippen LogP contribution in [0.15, 0.2) is 30.3 Å². The lowest BCUT2D eigenvalue weighted by Crippen LogP contribution is -2.23. The highest BCUT2D eigenvalue weighted by Crippen LogP contribution is 2.27. The number of benzene rings is 1. The van der Waals surface area contributed by atoms with E-state index < -0.39 is 6.10 Å². The third-order valence-corrected chi connectivity index (χ3v) is 4.82. The second-order valence-electron chi connectivity index (χ2n) is 6.88. The zero-order chi connectivity index (χ0) is 19.2. The fourth-order valence-electron chi connectivity index (χ4n) is 3.29. The third kappa shape index (κ3) is 4.24. The quantitative estimate of drug-likeness (QED) is 0.558. The monoisotopic (exact) mass is 368 g/mol. The molecule has 0 saturated carbocycles. The minimum absolute atomic E-state index is 0.157. The van der Waals surface area contributed by atoms with Crippen LogP contribution in [0, 0.1) is 0 Å². The van der Waals surface area contributed by atoms with Gasteiger partial charge in [-0.25, -0.2) is 14.6 Å². The summed E-state index contributed by atoms with van der Waals surface area (Å²) in [7, 11) is 1.81. The van der Waals surface area contributed by atoms with Gasteiger partial charge in [0.25, 0.3) is 0 Å². The Labute approximate surface area is 159 Å². The second-order valence-corrected chi connectivity index (χ2v) is 6.88. The second kappa shape index (κ2) is 8.90. The van der Waals surface area contributed by atoms with Crippen LogP contribution >= 0.6 is 0 Å². The lowest BCUT2D eigenvalue weighted by Gasteiger charge is -2.20. The van der Waals surface area contributed by atoms with E-state index in [0.29, 0.717) is 22.8 Å². The number of fused-ring (bicyclic) bond motifs is 1. The van der Waals surface area contributed by atoms with Crippen molar-refractivity contribution in [3.63, 3.8) is 0 Å². The summed E-state index contributed by atoms with van der Waals surface area (Å²) in [5.74, 6) is 1.26. The predicted octanol–water partition coefficient (Wildman–Crippen LogP) is 3.82. The lowest BCUT2D eigenvalue weighted by atomic mass is 10.0. The van der Waals surface area contributed by atoms with Crippen LogP contribution in [0.3, 0.4) is 0 Å². The van der Waals surface area contributed by atoms with Gasteiger partial charge in [0.05, 0.1) is 12.1 Å². The Morgan fingerprint density at radius 3 is 2.56 bits per heavy atom. The van der Waals surface area contributed by atoms with E-state index in [1.54, 1.807) is 11.6 Å². The summed E-state index contributed by atoms with van der Waals surface area (Å²) >= 11 is 0. The van der Waals surface area contributed by atoms with Crippen molar-refractivity contribution in [3.05, 3.63) is 30.3 Å². The summed E-state index contributed by atoms with van der Waals surface area (Å²) in [4.78, 5) is 9.33. The molecule has 0 radical (unpaired) electrons. The molecular formula is C20H28N6O. The van der Waals surface area contributed by atoms with Gasteiger partial charge in [0.1, 0.15) is 0 Å². The van der Waals surface area contributed by atoms with E-state index in [4.69, 9.17) is 4.98 Å². The minimum atomic E-state index is -0.537. The van der Waals surface area contributed by atoms with Crippen LogP contribution in [-0.4, -0.2) is 43.2 Å². The number of aromatic nitrogens is 5. The van der Waals surface area contributed by atoms with Gasteiger partial charge in [-0.1, -0.05) is 68.2 Å². The van der Waals surface area contributed by atoms with Crippen molar-refractivity contribution in [3.8, 4) is 11.4 Å². The number of anilines is 1. The van der Waals surface area contributed by atoms with Crippen LogP contribution in [0.2, 0.25) is 0 Å². The molecule has 0 aliphatic carbocycles. The van der Waals surface area contributed by atoms with E-state index in [-0.39, 0.29) is 6.04 Å². The number of aliphatic hydroxyl groups excluding tert-OH is 1. The van der Waals surface area contributed by atoms with Gasteiger partial charge in [-0.2, -0.15) is 0 Å². The first kappa shape index (κ1) is 19.2. The zero-order valence-corrected chi connectivity index (χ0v) is 16.3. The number of nitrogens with one attached hydrogen (secondary N) is 1. The molecule has 2 N–H and O–H groups in total. The molecule has 0 unspecified atom stereocenters. The standard InChI is InChI=1S/C20H28N6O/c1-4-5-6-10-13-16(14(2)27)26-20-17(24-25-26)19(21-3)22-18(23-20)15-11-8-7-9-12-15/h7-9,11-12,14,16,27H,4-6,10,13H2,1-3H3,(H,21,22,23)/t14-,16-/m0/s1. The molecule has 2 heterocycles. The molecule has 0 fully saturated rings. The highest BCUT2D eigenvalue weighted by Gasteiger charge is 2.23. The average molecular weight is 368 g/mol. The average Bonchev–Trinajstić information content (AvgIpc) is 3.11. The van der Waals surface area contributed by atoms with Gasteiger partial charge in [0, 0.05) is 12.6 Å². The van der Waals surface area contributed by atoms with Crippen molar-refractivity contribution in [2.45, 2.75) is 58.1 Å². The van der Waals surface area contributed by atoms with E-state index in [9.17, 15) is 5.11 Å². The largest absolute Gasteiger partial charge is 0.391 e. The van der Waals surface area contributed by atoms with Crippen molar-refractivity contribution >= 4 is 17.0 Å². The maximum Gasteiger partial charge on any atom is 0.184 e. The fraction of sp³-hybridized carbons (Fsp3) is 0.500. The molecule has 0 aliphatic rings. The van der Waals surface area contributed by atoms with Crippen LogP contribution in [-0.2, 0) is 0 Å². The minimum Gasteiger partial charge on any atom is -0.391 e. The third-order valence-electron chi connectivity index (χ3n) is 4.82. The molecule has 2 aromatic heterocycles. The van der Waals surface area contributed by atoms with Gasteiger partial charge in [-0.15, -0.1) is 5.10 Å². The number of nitrogens with zero attached hydrogens (tertiary/aromatic N) is 5. The Kier molecular flexibility index (Phi) is 6.34. The van der Waals surface area contributed by atoms with Crippen molar-refractivity contribution in [2.24, 2.45) is 0 Å². The molecule has 0 aliphatic heterocycles. The summed E-state index contributed by atoms with van der Waals surface area (Å²) < 4.78 is 1.76. The summed E-state index contributed by atoms with van der Waals surface area (Å²) in [6.45, 7) is 3.99. The summed E-state index contributed by atoms with van der Waals surface area (Å²) in [6, 6.07) is 9.69. The van der Waals surface area contributed by atoms with Crippen LogP contribution < -0.4 is 5.32 Å². The molecule has 1 aromatic carbocycles. The van der Waals surface area contributed by atoms with Crippen LogP contribution in [0.25, 0.3) is 22.6 Å². The van der Waals surface area contributed by atoms with Gasteiger partial charge < -0.3 is 10.4 Å². The normalized spacial score (nSPS) is 13.6. The summed E-state index contributed by atoms with van der Waals surface area (Å²) in [6.07, 6.45) is 4.89. The van der Waals surface area contributed by atoms with Crippen LogP contribution in [0.4, 0.5) is 5.82 Å². The number of unbranched alkanes of at least 4 members (excludes halogenated alkanes) is 3. The molecule has 3 rings (SSSR count). The van der Waals surface area contributed by atoms with E-state index in [0.717, 1.165) is 24.8 Å². The molecule has 27 heavy (non-hydrogen) atoms. The van der Waals surface area contributed by atoms with Gasteiger partial charge in [0.2, 0.25) is 0 Å². The Morgan fingerprint density at radius 2 is 1.89 bits per heavy atom. The number of hydrogen-bond donors (Lipinski definition) is 2. The van der Waals surface area contributed by atoms with Crippen molar-refractivity contribution in [1.82, 2.24) is 25.0 Å². The summed E-state index contributed by atoms with van der Waals surface area (Å²) in [5.41, 5.74) is 2.20. The molecule has 144 valence electrons.